The first-order valence-electron chi connectivity index (χ1n) is 7.50. The van der Waals surface area contributed by atoms with Crippen LogP contribution in [-0.4, -0.2) is 27.5 Å². The second-order valence-corrected chi connectivity index (χ2v) is 7.52. The Kier molecular flexibility index (Phi) is 4.10. The summed E-state index contributed by atoms with van der Waals surface area (Å²) in [5.74, 6) is 0. The van der Waals surface area contributed by atoms with Crippen LogP contribution in [0.4, 0.5) is 0 Å². The number of nitrogens with one attached hydrogen (secondary N) is 2. The number of hydrogen-bond donors (Lipinski definition) is 2. The van der Waals surface area contributed by atoms with Gasteiger partial charge in [-0.05, 0) is 68.3 Å². The Hall–Kier alpha value is -0.910. The SMILES string of the molecule is O=S(=O)(NC1CCCNC1)c1ccc2c(c1)CCCC2. The van der Waals surface area contributed by atoms with Crippen LogP contribution in [0.2, 0.25) is 0 Å². The maximum absolute atomic E-state index is 12.4. The lowest BCUT2D eigenvalue weighted by molar-refractivity contribution is 0.428. The molecular weight excluding hydrogens is 272 g/mol. The van der Waals surface area contributed by atoms with E-state index in [4.69, 9.17) is 0 Å². The Bertz CT molecular complexity index is 578. The third kappa shape index (κ3) is 3.05. The van der Waals surface area contributed by atoms with Gasteiger partial charge in [0.2, 0.25) is 10.0 Å². The van der Waals surface area contributed by atoms with E-state index in [-0.39, 0.29) is 6.04 Å². The van der Waals surface area contributed by atoms with E-state index in [0.717, 1.165) is 45.2 Å². The minimum absolute atomic E-state index is 0.0183. The van der Waals surface area contributed by atoms with Crippen molar-refractivity contribution in [1.82, 2.24) is 10.0 Å². The number of benzene rings is 1. The van der Waals surface area contributed by atoms with Crippen LogP contribution in [0.1, 0.15) is 36.8 Å². The van der Waals surface area contributed by atoms with E-state index in [2.05, 4.69) is 10.0 Å². The summed E-state index contributed by atoms with van der Waals surface area (Å²) in [5.41, 5.74) is 2.52. The normalized spacial score (nSPS) is 23.3. The zero-order chi connectivity index (χ0) is 14.0. The van der Waals surface area contributed by atoms with Gasteiger partial charge < -0.3 is 5.32 Å². The van der Waals surface area contributed by atoms with Crippen LogP contribution >= 0.6 is 0 Å². The molecule has 1 aliphatic carbocycles. The Morgan fingerprint density at radius 2 is 1.90 bits per heavy atom. The van der Waals surface area contributed by atoms with Crippen molar-refractivity contribution in [2.75, 3.05) is 13.1 Å². The summed E-state index contributed by atoms with van der Waals surface area (Å²) in [6, 6.07) is 5.63. The zero-order valence-electron chi connectivity index (χ0n) is 11.7. The average molecular weight is 294 g/mol. The van der Waals surface area contributed by atoms with Gasteiger partial charge in [-0.1, -0.05) is 6.07 Å². The second-order valence-electron chi connectivity index (χ2n) is 5.80. The van der Waals surface area contributed by atoms with Gasteiger partial charge in [-0.3, -0.25) is 0 Å². The highest BCUT2D eigenvalue weighted by Gasteiger charge is 2.22. The van der Waals surface area contributed by atoms with Crippen LogP contribution in [-0.2, 0) is 22.9 Å². The largest absolute Gasteiger partial charge is 0.315 e. The number of fused-ring (bicyclic) bond motifs is 1. The number of piperidine rings is 1. The molecule has 0 aromatic heterocycles. The van der Waals surface area contributed by atoms with Crippen LogP contribution < -0.4 is 10.0 Å². The molecule has 0 bridgehead atoms. The Labute approximate surface area is 121 Å². The Morgan fingerprint density at radius 3 is 2.65 bits per heavy atom. The molecule has 0 amide bonds. The van der Waals surface area contributed by atoms with Crippen molar-refractivity contribution in [3.8, 4) is 0 Å². The number of rotatable bonds is 3. The lowest BCUT2D eigenvalue weighted by atomic mass is 9.92. The van der Waals surface area contributed by atoms with Crippen LogP contribution in [0.5, 0.6) is 0 Å². The van der Waals surface area contributed by atoms with Gasteiger partial charge in [0.05, 0.1) is 4.90 Å². The fourth-order valence-electron chi connectivity index (χ4n) is 3.12. The highest BCUT2D eigenvalue weighted by molar-refractivity contribution is 7.89. The maximum Gasteiger partial charge on any atom is 0.240 e. The van der Waals surface area contributed by atoms with Crippen LogP contribution in [0.25, 0.3) is 0 Å². The Morgan fingerprint density at radius 1 is 1.10 bits per heavy atom. The fraction of sp³-hybridized carbons (Fsp3) is 0.600. The first kappa shape index (κ1) is 14.0. The van der Waals surface area contributed by atoms with Crippen molar-refractivity contribution in [2.45, 2.75) is 49.5 Å². The molecule has 110 valence electrons. The molecule has 4 nitrogen and oxygen atoms in total. The highest BCUT2D eigenvalue weighted by Crippen LogP contribution is 2.24. The first-order valence-corrected chi connectivity index (χ1v) is 8.98. The molecule has 2 aliphatic rings. The van der Waals surface area contributed by atoms with Gasteiger partial charge in [0.1, 0.15) is 0 Å². The molecule has 1 atom stereocenters. The third-order valence-electron chi connectivity index (χ3n) is 4.25. The minimum atomic E-state index is -3.38. The van der Waals surface area contributed by atoms with Gasteiger partial charge in [0.25, 0.3) is 0 Å². The van der Waals surface area contributed by atoms with E-state index in [0.29, 0.717) is 4.90 Å². The van der Waals surface area contributed by atoms with E-state index in [1.54, 1.807) is 6.07 Å². The first-order chi connectivity index (χ1) is 9.65. The molecule has 3 rings (SSSR count). The summed E-state index contributed by atoms with van der Waals surface area (Å²) in [7, 11) is -3.38. The zero-order valence-corrected chi connectivity index (χ0v) is 12.5. The highest BCUT2D eigenvalue weighted by atomic mass is 32.2. The summed E-state index contributed by atoms with van der Waals surface area (Å²) in [6.07, 6.45) is 6.40. The number of aryl methyl sites for hydroxylation is 2. The van der Waals surface area contributed by atoms with Gasteiger partial charge >= 0.3 is 0 Å². The number of hydrogen-bond acceptors (Lipinski definition) is 3. The molecule has 2 N–H and O–H groups in total. The molecule has 0 saturated carbocycles. The molecule has 1 aliphatic heterocycles. The van der Waals surface area contributed by atoms with Gasteiger partial charge in [-0.15, -0.1) is 0 Å². The lowest BCUT2D eigenvalue weighted by Gasteiger charge is -2.24. The van der Waals surface area contributed by atoms with E-state index < -0.39 is 10.0 Å². The molecule has 1 fully saturated rings. The molecule has 1 saturated heterocycles. The third-order valence-corrected chi connectivity index (χ3v) is 5.77. The maximum atomic E-state index is 12.4. The van der Waals surface area contributed by atoms with E-state index in [1.807, 2.05) is 12.1 Å². The summed E-state index contributed by atoms with van der Waals surface area (Å²) in [6.45, 7) is 1.71. The minimum Gasteiger partial charge on any atom is -0.315 e. The second kappa shape index (κ2) is 5.84. The fourth-order valence-corrected chi connectivity index (χ4v) is 4.44. The smallest absolute Gasteiger partial charge is 0.240 e. The van der Waals surface area contributed by atoms with Crippen LogP contribution in [0, 0.1) is 0 Å². The number of sulfonamides is 1. The molecule has 1 aromatic rings. The van der Waals surface area contributed by atoms with Gasteiger partial charge in [0.15, 0.2) is 0 Å². The van der Waals surface area contributed by atoms with Crippen molar-refractivity contribution in [2.24, 2.45) is 0 Å². The molecule has 5 heteroatoms. The molecule has 0 spiro atoms. The molecule has 1 heterocycles. The Balaban J connectivity index is 1.79. The van der Waals surface area contributed by atoms with Crippen LogP contribution in [0.3, 0.4) is 0 Å². The summed E-state index contributed by atoms with van der Waals surface area (Å²) < 4.78 is 27.7. The average Bonchev–Trinajstić information content (AvgIpc) is 2.47. The van der Waals surface area contributed by atoms with E-state index >= 15 is 0 Å². The lowest BCUT2D eigenvalue weighted by Crippen LogP contribution is -2.45. The van der Waals surface area contributed by atoms with Crippen molar-refractivity contribution < 1.29 is 8.42 Å². The van der Waals surface area contributed by atoms with Gasteiger partial charge in [-0.25, -0.2) is 13.1 Å². The molecule has 20 heavy (non-hydrogen) atoms. The molecule has 1 aromatic carbocycles. The predicted octanol–water partition coefficient (Wildman–Crippen LogP) is 1.60. The van der Waals surface area contributed by atoms with Crippen LogP contribution in [0.15, 0.2) is 23.1 Å². The van der Waals surface area contributed by atoms with E-state index in [1.165, 1.54) is 17.5 Å². The monoisotopic (exact) mass is 294 g/mol. The molecule has 1 unspecified atom stereocenters. The summed E-state index contributed by atoms with van der Waals surface area (Å²) >= 11 is 0. The van der Waals surface area contributed by atoms with E-state index in [9.17, 15) is 8.42 Å². The summed E-state index contributed by atoms with van der Waals surface area (Å²) in [4.78, 5) is 0.420. The van der Waals surface area contributed by atoms with Crippen molar-refractivity contribution in [3.05, 3.63) is 29.3 Å². The topological polar surface area (TPSA) is 58.2 Å². The molecular formula is C15H22N2O2S. The van der Waals surface area contributed by atoms with Crippen molar-refractivity contribution >= 4 is 10.0 Å². The standard InChI is InChI=1S/C15H22N2O2S/c18-20(19,17-14-6-3-9-16-11-14)15-8-7-12-4-1-2-5-13(12)10-15/h7-8,10,14,16-17H,1-6,9,11H2. The molecule has 0 radical (unpaired) electrons. The summed E-state index contributed by atoms with van der Waals surface area (Å²) in [5, 5.41) is 3.23. The van der Waals surface area contributed by atoms with Crippen molar-refractivity contribution in [1.29, 1.82) is 0 Å². The van der Waals surface area contributed by atoms with Gasteiger partial charge in [0, 0.05) is 12.6 Å². The van der Waals surface area contributed by atoms with Crippen molar-refractivity contribution in [3.63, 3.8) is 0 Å². The van der Waals surface area contributed by atoms with Gasteiger partial charge in [-0.2, -0.15) is 0 Å². The quantitative estimate of drug-likeness (QED) is 0.890. The predicted molar refractivity (Wildman–Crippen MR) is 79.3 cm³/mol.